The van der Waals surface area contributed by atoms with Gasteiger partial charge in [0.05, 0.1) is 10.9 Å². The lowest BCUT2D eigenvalue weighted by molar-refractivity contribution is -0.139. The molecule has 0 radical (unpaired) electrons. The minimum atomic E-state index is -3.72. The van der Waals surface area contributed by atoms with Crippen molar-refractivity contribution in [2.45, 2.75) is 31.7 Å². The topological polar surface area (TPSA) is 109 Å². The normalized spacial score (nSPS) is 13.1. The molecule has 0 saturated heterocycles. The van der Waals surface area contributed by atoms with Crippen LogP contribution in [0.25, 0.3) is 10.4 Å². The van der Waals surface area contributed by atoms with Gasteiger partial charge in [-0.25, -0.2) is 8.42 Å². The third kappa shape index (κ3) is 6.54. The summed E-state index contributed by atoms with van der Waals surface area (Å²) in [7, 11) is -3.72. The molecule has 1 unspecified atom stereocenters. The molecule has 8 heteroatoms. The fourth-order valence-corrected chi connectivity index (χ4v) is 2.91. The molecule has 1 aromatic rings. The number of esters is 1. The quantitative estimate of drug-likeness (QED) is 0.250. The summed E-state index contributed by atoms with van der Waals surface area (Å²) in [6.07, 6.45) is 1.64. The summed E-state index contributed by atoms with van der Waals surface area (Å²) in [5, 5.41) is 3.47. The van der Waals surface area contributed by atoms with E-state index in [4.69, 9.17) is 10.3 Å². The molecule has 0 aliphatic carbocycles. The first-order valence-electron chi connectivity index (χ1n) is 6.91. The average Bonchev–Trinajstić information content (AvgIpc) is 2.45. The number of nitrogens with zero attached hydrogens (tertiary/aromatic N) is 3. The van der Waals surface area contributed by atoms with Crippen LogP contribution in [-0.4, -0.2) is 32.8 Å². The molecule has 23 heavy (non-hydrogen) atoms. The first-order valence-corrected chi connectivity index (χ1v) is 8.56. The zero-order chi connectivity index (χ0) is 17.5. The van der Waals surface area contributed by atoms with E-state index in [1.165, 1.54) is 12.1 Å². The molecule has 124 valence electrons. The smallest absolute Gasteiger partial charge is 0.321 e. The Morgan fingerprint density at radius 2 is 2.00 bits per heavy atom. The predicted octanol–water partition coefficient (Wildman–Crippen LogP) is 2.96. The van der Waals surface area contributed by atoms with Crippen molar-refractivity contribution in [3.63, 3.8) is 0 Å². The van der Waals surface area contributed by atoms with Gasteiger partial charge in [-0.1, -0.05) is 35.8 Å². The number of aryl methyl sites for hydroxylation is 1. The van der Waals surface area contributed by atoms with Crippen LogP contribution in [0.5, 0.6) is 0 Å². The molecule has 1 atom stereocenters. The van der Waals surface area contributed by atoms with E-state index in [-0.39, 0.29) is 17.5 Å². The van der Waals surface area contributed by atoms with Crippen molar-refractivity contribution < 1.29 is 17.9 Å². The average molecular weight is 337 g/mol. The van der Waals surface area contributed by atoms with E-state index in [9.17, 15) is 13.2 Å². The molecule has 0 aliphatic rings. The van der Waals surface area contributed by atoms with E-state index < -0.39 is 21.6 Å². The fraction of sp³-hybridized carbons (Fsp3) is 0.400. The van der Waals surface area contributed by atoms with Crippen LogP contribution in [0, 0.1) is 6.92 Å². The number of sulfone groups is 1. The molecule has 0 N–H and O–H groups in total. The van der Waals surface area contributed by atoms with Crippen LogP contribution in [0.4, 0.5) is 0 Å². The standard InChI is InChI=1S/C15H19N3O4S/c1-11-4-6-14(7-5-11)23(20,21)10-15(19)22-9-12(2)8-13(3)17-18-16/h4-8,13H,9-10H2,1-3H3/b12-8+. The fourth-order valence-electron chi connectivity index (χ4n) is 1.79. The molecule has 0 saturated carbocycles. The van der Waals surface area contributed by atoms with Crippen LogP contribution in [-0.2, 0) is 19.4 Å². The van der Waals surface area contributed by atoms with Crippen molar-refractivity contribution >= 4 is 15.8 Å². The summed E-state index contributed by atoms with van der Waals surface area (Å²) in [5.74, 6) is -1.54. The maximum atomic E-state index is 12.1. The zero-order valence-electron chi connectivity index (χ0n) is 13.3. The summed E-state index contributed by atoms with van der Waals surface area (Å²) in [5.41, 5.74) is 9.90. The number of hydrogen-bond acceptors (Lipinski definition) is 5. The maximum absolute atomic E-state index is 12.1. The number of benzene rings is 1. The monoisotopic (exact) mass is 337 g/mol. The van der Waals surface area contributed by atoms with Gasteiger partial charge in [0.1, 0.15) is 6.61 Å². The van der Waals surface area contributed by atoms with Gasteiger partial charge in [-0.2, -0.15) is 0 Å². The lowest BCUT2D eigenvalue weighted by atomic mass is 10.2. The number of carbonyl (C=O) groups is 1. The highest BCUT2D eigenvalue weighted by Gasteiger charge is 2.20. The molecule has 0 fully saturated rings. The second-order valence-electron chi connectivity index (χ2n) is 5.19. The minimum Gasteiger partial charge on any atom is -0.460 e. The highest BCUT2D eigenvalue weighted by atomic mass is 32.2. The van der Waals surface area contributed by atoms with E-state index in [2.05, 4.69) is 10.0 Å². The first-order chi connectivity index (χ1) is 10.7. The van der Waals surface area contributed by atoms with Crippen LogP contribution in [0.2, 0.25) is 0 Å². The number of azide groups is 1. The van der Waals surface area contributed by atoms with Gasteiger partial charge < -0.3 is 4.74 Å². The maximum Gasteiger partial charge on any atom is 0.321 e. The SMILES string of the molecule is C/C(=C\C(C)N=[N+]=[N-])COC(=O)CS(=O)(=O)c1ccc(C)cc1. The van der Waals surface area contributed by atoms with Crippen LogP contribution in [0.1, 0.15) is 19.4 Å². The second-order valence-corrected chi connectivity index (χ2v) is 7.18. The van der Waals surface area contributed by atoms with Crippen LogP contribution in [0.15, 0.2) is 45.9 Å². The molecule has 0 heterocycles. The lowest BCUT2D eigenvalue weighted by Crippen LogP contribution is -2.19. The zero-order valence-corrected chi connectivity index (χ0v) is 14.1. The Labute approximate surface area is 135 Å². The molecule has 1 aromatic carbocycles. The summed E-state index contributed by atoms with van der Waals surface area (Å²) in [6.45, 7) is 5.18. The third-order valence-corrected chi connectivity index (χ3v) is 4.51. The molecule has 7 nitrogen and oxygen atoms in total. The molecule has 0 aliphatic heterocycles. The number of hydrogen-bond donors (Lipinski definition) is 0. The van der Waals surface area contributed by atoms with Crippen LogP contribution in [0.3, 0.4) is 0 Å². The molecule has 0 bridgehead atoms. The van der Waals surface area contributed by atoms with Crippen molar-refractivity contribution in [1.82, 2.24) is 0 Å². The van der Waals surface area contributed by atoms with Gasteiger partial charge in [-0.3, -0.25) is 4.79 Å². The Bertz CT molecular complexity index is 732. The van der Waals surface area contributed by atoms with Crippen molar-refractivity contribution in [2.75, 3.05) is 12.4 Å². The Hall–Kier alpha value is -2.31. The molecular weight excluding hydrogens is 318 g/mol. The summed E-state index contributed by atoms with van der Waals surface area (Å²) in [4.78, 5) is 14.5. The van der Waals surface area contributed by atoms with E-state index in [0.29, 0.717) is 5.57 Å². The largest absolute Gasteiger partial charge is 0.460 e. The minimum absolute atomic E-state index is 0.0481. The van der Waals surface area contributed by atoms with E-state index in [1.54, 1.807) is 32.1 Å². The molecule has 0 amide bonds. The van der Waals surface area contributed by atoms with Crippen molar-refractivity contribution in [3.8, 4) is 0 Å². The Morgan fingerprint density at radius 3 is 2.57 bits per heavy atom. The lowest BCUT2D eigenvalue weighted by Gasteiger charge is -2.07. The number of carbonyl (C=O) groups excluding carboxylic acids is 1. The van der Waals surface area contributed by atoms with Gasteiger partial charge >= 0.3 is 5.97 Å². The van der Waals surface area contributed by atoms with Gasteiger partial charge in [-0.15, -0.1) is 0 Å². The first kappa shape index (κ1) is 18.7. The van der Waals surface area contributed by atoms with Crippen LogP contribution < -0.4 is 0 Å². The van der Waals surface area contributed by atoms with E-state index in [0.717, 1.165) is 5.56 Å². The van der Waals surface area contributed by atoms with Gasteiger partial charge in [0, 0.05) is 4.91 Å². The Morgan fingerprint density at radius 1 is 1.39 bits per heavy atom. The summed E-state index contributed by atoms with van der Waals surface area (Å²) >= 11 is 0. The molecule has 1 rings (SSSR count). The highest BCUT2D eigenvalue weighted by Crippen LogP contribution is 2.12. The van der Waals surface area contributed by atoms with Gasteiger partial charge in [0.25, 0.3) is 0 Å². The molecule has 0 aromatic heterocycles. The Kier molecular flexibility index (Phi) is 6.81. The predicted molar refractivity (Wildman–Crippen MR) is 86.6 cm³/mol. The van der Waals surface area contributed by atoms with Gasteiger partial charge in [0.15, 0.2) is 15.6 Å². The summed E-state index contributed by atoms with van der Waals surface area (Å²) in [6, 6.07) is 5.90. The second kappa shape index (κ2) is 8.36. The van der Waals surface area contributed by atoms with Crippen LogP contribution >= 0.6 is 0 Å². The number of ether oxygens (including phenoxy) is 1. The van der Waals surface area contributed by atoms with Crippen molar-refractivity contribution in [1.29, 1.82) is 0 Å². The van der Waals surface area contributed by atoms with Crippen molar-refractivity contribution in [2.24, 2.45) is 5.11 Å². The van der Waals surface area contributed by atoms with Crippen molar-refractivity contribution in [3.05, 3.63) is 51.9 Å². The van der Waals surface area contributed by atoms with E-state index >= 15 is 0 Å². The molecule has 0 spiro atoms. The Balaban J connectivity index is 2.62. The van der Waals surface area contributed by atoms with Gasteiger partial charge in [-0.05, 0) is 37.1 Å². The number of rotatable bonds is 7. The molecular formula is C15H19N3O4S. The van der Waals surface area contributed by atoms with E-state index in [1.807, 2.05) is 6.92 Å². The third-order valence-electron chi connectivity index (χ3n) is 2.91. The highest BCUT2D eigenvalue weighted by molar-refractivity contribution is 7.92. The summed E-state index contributed by atoms with van der Waals surface area (Å²) < 4.78 is 29.1. The van der Waals surface area contributed by atoms with Gasteiger partial charge in [0.2, 0.25) is 0 Å².